The van der Waals surface area contributed by atoms with Crippen LogP contribution < -0.4 is 26.6 Å². The monoisotopic (exact) mass is 565 g/mol. The Kier molecular flexibility index (Phi) is 8.72. The van der Waals surface area contributed by atoms with E-state index >= 15 is 0 Å². The van der Waals surface area contributed by atoms with Crippen LogP contribution >= 0.6 is 11.8 Å². The van der Waals surface area contributed by atoms with Gasteiger partial charge in [-0.25, -0.2) is 0 Å². The topological polar surface area (TPSA) is 119 Å². The van der Waals surface area contributed by atoms with Gasteiger partial charge in [0.15, 0.2) is 0 Å². The summed E-state index contributed by atoms with van der Waals surface area (Å²) in [5.41, 5.74) is -0.119. The summed E-state index contributed by atoms with van der Waals surface area (Å²) in [7, 11) is 3.50. The van der Waals surface area contributed by atoms with E-state index in [-0.39, 0.29) is 52.8 Å². The van der Waals surface area contributed by atoms with Gasteiger partial charge in [0.2, 0.25) is 11.8 Å². The van der Waals surface area contributed by atoms with Gasteiger partial charge in [0.1, 0.15) is 11.7 Å². The van der Waals surface area contributed by atoms with Crippen LogP contribution in [0.4, 0.5) is 0 Å². The van der Waals surface area contributed by atoms with Crippen LogP contribution in [0.2, 0.25) is 0 Å². The van der Waals surface area contributed by atoms with Gasteiger partial charge in [0.25, 0.3) is 0 Å². The molecule has 5 N–H and O–H groups in total. The smallest absolute Gasteiger partial charge is 0.229 e. The summed E-state index contributed by atoms with van der Waals surface area (Å²) >= 11 is 1.76. The number of carbonyl (C=O) groups is 2. The van der Waals surface area contributed by atoms with E-state index in [1.54, 1.807) is 18.9 Å². The number of fused-ring (bicyclic) bond motifs is 2. The molecule has 6 rings (SSSR count). The zero-order valence-electron chi connectivity index (χ0n) is 23.6. The second kappa shape index (κ2) is 12.1. The number of thioether (sulfide) groups is 1. The first-order chi connectivity index (χ1) is 18.9. The minimum absolute atomic E-state index is 0.0737. The highest BCUT2D eigenvalue weighted by Gasteiger charge is 2.49. The van der Waals surface area contributed by atoms with Crippen molar-refractivity contribution in [3.8, 4) is 0 Å². The summed E-state index contributed by atoms with van der Waals surface area (Å²) in [5, 5.41) is 17.7. The van der Waals surface area contributed by atoms with Crippen molar-refractivity contribution in [2.75, 3.05) is 60.2 Å². The largest absolute Gasteiger partial charge is 0.380 e. The van der Waals surface area contributed by atoms with Gasteiger partial charge in [-0.05, 0) is 51.0 Å². The highest BCUT2D eigenvalue weighted by molar-refractivity contribution is 8.00. The van der Waals surface area contributed by atoms with Crippen LogP contribution in [0.1, 0.15) is 32.6 Å². The van der Waals surface area contributed by atoms with E-state index in [1.807, 2.05) is 12.0 Å². The second-order valence-electron chi connectivity index (χ2n) is 12.5. The number of piperidine rings is 3. The number of rotatable bonds is 6. The van der Waals surface area contributed by atoms with E-state index in [1.165, 1.54) is 0 Å². The van der Waals surface area contributed by atoms with Crippen LogP contribution in [0, 0.1) is 23.7 Å². The molecule has 0 aliphatic carbocycles. The molecule has 6 aliphatic rings. The summed E-state index contributed by atoms with van der Waals surface area (Å²) in [6, 6.07) is 1.13. The van der Waals surface area contributed by atoms with E-state index in [2.05, 4.69) is 38.4 Å². The Hall–Kier alpha value is -0.990. The highest BCUT2D eigenvalue weighted by Crippen LogP contribution is 2.40. The predicted octanol–water partition coefficient (Wildman–Crippen LogP) is -0.845. The molecule has 11 unspecified atom stereocenters. The Morgan fingerprint density at radius 3 is 2.67 bits per heavy atom. The molecule has 0 aromatic heterocycles. The fourth-order valence-electron chi connectivity index (χ4n) is 8.07. The molecule has 11 atom stereocenters. The first-order valence-corrected chi connectivity index (χ1v) is 15.9. The first kappa shape index (κ1) is 28.1. The van der Waals surface area contributed by atoms with Crippen LogP contribution in [0.5, 0.6) is 0 Å². The lowest BCUT2D eigenvalue weighted by Crippen LogP contribution is -2.58. The molecule has 220 valence electrons. The van der Waals surface area contributed by atoms with Gasteiger partial charge < -0.3 is 30.3 Å². The van der Waals surface area contributed by atoms with Gasteiger partial charge in [-0.2, -0.15) is 0 Å². The van der Waals surface area contributed by atoms with Gasteiger partial charge in [-0.15, -0.1) is 11.8 Å². The van der Waals surface area contributed by atoms with Gasteiger partial charge >= 0.3 is 0 Å². The number of carbonyl (C=O) groups excluding carboxylic acids is 2. The average Bonchev–Trinajstić information content (AvgIpc) is 3.66. The van der Waals surface area contributed by atoms with Crippen molar-refractivity contribution in [1.82, 2.24) is 36.4 Å². The third-order valence-corrected chi connectivity index (χ3v) is 11.5. The molecule has 0 saturated carbocycles. The Labute approximate surface area is 236 Å². The van der Waals surface area contributed by atoms with Crippen molar-refractivity contribution in [2.24, 2.45) is 23.7 Å². The van der Waals surface area contributed by atoms with Crippen molar-refractivity contribution in [1.29, 1.82) is 0 Å². The maximum atomic E-state index is 13.8. The number of likely N-dealkylation sites (tertiary alicyclic amines) is 1. The molecule has 6 aliphatic heterocycles. The number of methoxy groups -OCH3 is 2. The molecular weight excluding hydrogens is 518 g/mol. The van der Waals surface area contributed by atoms with Gasteiger partial charge in [-0.3, -0.25) is 25.1 Å². The maximum absolute atomic E-state index is 13.8. The predicted molar refractivity (Wildman–Crippen MR) is 150 cm³/mol. The molecule has 11 nitrogen and oxygen atoms in total. The molecule has 6 heterocycles. The van der Waals surface area contributed by atoms with Gasteiger partial charge in [0, 0.05) is 77.0 Å². The molecular formula is C27H47N7O4S. The molecule has 2 amide bonds. The SMILES string of the molecule is COC1CN2CNCC2CC1C1CC(C)NCC1C(=O)NC1NC2CN(C(=O)C3CCCNC3OC)CC2S1. The normalized spacial score (nSPS) is 44.7. The molecule has 6 saturated heterocycles. The quantitative estimate of drug-likeness (QED) is 0.279. The molecule has 39 heavy (non-hydrogen) atoms. The molecule has 0 aromatic carbocycles. The third kappa shape index (κ3) is 5.73. The number of nitrogens with zero attached hydrogens (tertiary/aromatic N) is 2. The number of hydrogen-bond acceptors (Lipinski definition) is 10. The molecule has 0 aromatic rings. The minimum Gasteiger partial charge on any atom is -0.380 e. The minimum atomic E-state index is -0.200. The lowest BCUT2D eigenvalue weighted by molar-refractivity contribution is -0.142. The first-order valence-electron chi connectivity index (χ1n) is 14.9. The van der Waals surface area contributed by atoms with Crippen LogP contribution in [-0.4, -0.2) is 123 Å². The summed E-state index contributed by atoms with van der Waals surface area (Å²) in [6.07, 6.45) is 3.90. The van der Waals surface area contributed by atoms with Crippen molar-refractivity contribution in [3.63, 3.8) is 0 Å². The van der Waals surface area contributed by atoms with Crippen LogP contribution in [0.25, 0.3) is 0 Å². The molecule has 6 fully saturated rings. The summed E-state index contributed by atoms with van der Waals surface area (Å²) in [4.78, 5) is 31.5. The fourth-order valence-corrected chi connectivity index (χ4v) is 9.48. The average molecular weight is 566 g/mol. The van der Waals surface area contributed by atoms with Crippen LogP contribution in [0.15, 0.2) is 0 Å². The third-order valence-electron chi connectivity index (χ3n) is 10.2. The van der Waals surface area contributed by atoms with E-state index in [9.17, 15) is 9.59 Å². The lowest BCUT2D eigenvalue weighted by atomic mass is 9.69. The Morgan fingerprint density at radius 1 is 1.00 bits per heavy atom. The summed E-state index contributed by atoms with van der Waals surface area (Å²) in [6.45, 7) is 8.14. The Bertz CT molecular complexity index is 886. The number of hydrogen-bond donors (Lipinski definition) is 5. The Morgan fingerprint density at radius 2 is 1.87 bits per heavy atom. The van der Waals surface area contributed by atoms with E-state index in [4.69, 9.17) is 9.47 Å². The van der Waals surface area contributed by atoms with Crippen LogP contribution in [0.3, 0.4) is 0 Å². The van der Waals surface area contributed by atoms with Crippen molar-refractivity contribution >= 4 is 23.6 Å². The van der Waals surface area contributed by atoms with Gasteiger partial charge in [0.05, 0.1) is 17.9 Å². The zero-order valence-corrected chi connectivity index (χ0v) is 24.4. The number of amides is 2. The van der Waals surface area contributed by atoms with Crippen molar-refractivity contribution in [2.45, 2.75) is 73.8 Å². The zero-order chi connectivity index (χ0) is 27.1. The fraction of sp³-hybridized carbons (Fsp3) is 0.926. The molecule has 12 heteroatoms. The summed E-state index contributed by atoms with van der Waals surface area (Å²) in [5.74, 6) is 0.804. The maximum Gasteiger partial charge on any atom is 0.229 e. The van der Waals surface area contributed by atoms with Crippen molar-refractivity contribution < 1.29 is 19.1 Å². The van der Waals surface area contributed by atoms with Crippen molar-refractivity contribution in [3.05, 3.63) is 0 Å². The van der Waals surface area contributed by atoms with E-state index < -0.39 is 0 Å². The van der Waals surface area contributed by atoms with E-state index in [0.717, 1.165) is 58.5 Å². The molecule has 0 spiro atoms. The number of ether oxygens (including phenoxy) is 2. The summed E-state index contributed by atoms with van der Waals surface area (Å²) < 4.78 is 11.6. The van der Waals surface area contributed by atoms with E-state index in [0.29, 0.717) is 37.0 Å². The number of nitrogens with one attached hydrogen (secondary N) is 5. The molecule has 0 bridgehead atoms. The lowest BCUT2D eigenvalue weighted by Gasteiger charge is -2.47. The van der Waals surface area contributed by atoms with Crippen LogP contribution in [-0.2, 0) is 19.1 Å². The Balaban J connectivity index is 1.05. The second-order valence-corrected chi connectivity index (χ2v) is 13.8. The highest BCUT2D eigenvalue weighted by atomic mass is 32.2. The van der Waals surface area contributed by atoms with Gasteiger partial charge in [-0.1, -0.05) is 0 Å². The standard InChI is InChI=1S/C27H47N7O4S/c1-15-7-18(19-8-16-9-28-14-34(16)12-22(19)37-2)20(10-30-15)24(35)32-27-31-21-11-33(13-23(21)39-27)26(36)17-5-4-6-29-25(17)38-3/h15-23,25,27-31H,4-14H2,1-3H3,(H,32,35). The molecule has 0 radical (unpaired) electrons.